The van der Waals surface area contributed by atoms with Crippen molar-refractivity contribution >= 4 is 107 Å². The van der Waals surface area contributed by atoms with Crippen LogP contribution in [-0.4, -0.2) is 34.2 Å². The Hall–Kier alpha value is -2.67. The van der Waals surface area contributed by atoms with Crippen LogP contribution in [0.5, 0.6) is 11.5 Å². The number of benzene rings is 2. The van der Waals surface area contributed by atoms with Crippen molar-refractivity contribution in [3.8, 4) is 11.5 Å². The summed E-state index contributed by atoms with van der Waals surface area (Å²) in [5, 5.41) is 7.49. The van der Waals surface area contributed by atoms with Crippen molar-refractivity contribution < 1.29 is 9.47 Å². The van der Waals surface area contributed by atoms with Crippen LogP contribution in [-0.2, 0) is 50.5 Å². The van der Waals surface area contributed by atoms with Gasteiger partial charge in [-0.05, 0) is 97.9 Å². The van der Waals surface area contributed by atoms with Crippen molar-refractivity contribution in [1.29, 1.82) is 0 Å². The fourth-order valence-corrected chi connectivity index (χ4v) is 10.2. The number of hydrogen-bond acceptors (Lipinski definition) is 10. The first-order valence-corrected chi connectivity index (χ1v) is 21.1. The van der Waals surface area contributed by atoms with Gasteiger partial charge < -0.3 is 20.5 Å². The number of nitrogens with one attached hydrogen (secondary N) is 1. The molecule has 0 saturated carbocycles. The number of nitrogens with two attached hydrogens (primary N) is 1. The molecule has 2 aliphatic rings. The molecule has 4 aromatic heterocycles. The first-order valence-electron chi connectivity index (χ1n) is 17.2. The molecular formula is C38H39Cl5N6O2S2. The number of ether oxygens (including phenoxy) is 2. The monoisotopic (exact) mass is 850 g/mol. The molecule has 0 radical (unpaired) electrons. The third-order valence-corrected chi connectivity index (χ3v) is 12.8. The maximum absolute atomic E-state index is 6.24. The summed E-state index contributed by atoms with van der Waals surface area (Å²) in [6.45, 7) is 1.13. The van der Waals surface area contributed by atoms with Crippen LogP contribution in [0.15, 0.2) is 36.4 Å². The zero-order valence-electron chi connectivity index (χ0n) is 29.3. The van der Waals surface area contributed by atoms with E-state index in [9.17, 15) is 0 Å². The zero-order chi connectivity index (χ0) is 37.5. The van der Waals surface area contributed by atoms with Gasteiger partial charge in [0.2, 0.25) is 0 Å². The van der Waals surface area contributed by atoms with Gasteiger partial charge in [-0.3, -0.25) is 0 Å². The molecule has 3 N–H and O–H groups in total. The Morgan fingerprint density at radius 2 is 1.19 bits per heavy atom. The van der Waals surface area contributed by atoms with E-state index in [-0.39, 0.29) is 0 Å². The van der Waals surface area contributed by atoms with Crippen LogP contribution in [0.4, 0.5) is 5.82 Å². The topological polar surface area (TPSA) is 108 Å². The van der Waals surface area contributed by atoms with Crippen LogP contribution in [0.3, 0.4) is 0 Å². The third kappa shape index (κ3) is 9.42. The van der Waals surface area contributed by atoms with Gasteiger partial charge in [-0.15, -0.1) is 45.9 Å². The van der Waals surface area contributed by atoms with Crippen molar-refractivity contribution in [2.24, 2.45) is 5.73 Å². The number of fused-ring (bicyclic) bond motifs is 6. The van der Waals surface area contributed by atoms with Gasteiger partial charge in [0, 0.05) is 22.8 Å². The van der Waals surface area contributed by atoms with Crippen LogP contribution in [0.2, 0.25) is 15.2 Å². The summed E-state index contributed by atoms with van der Waals surface area (Å²) in [6, 6.07) is 11.3. The van der Waals surface area contributed by atoms with E-state index < -0.39 is 0 Å². The summed E-state index contributed by atoms with van der Waals surface area (Å²) in [6.07, 6.45) is 9.50. The van der Waals surface area contributed by atoms with Crippen LogP contribution in [0.1, 0.15) is 69.3 Å². The quantitative estimate of drug-likeness (QED) is 0.115. The molecule has 53 heavy (non-hydrogen) atoms. The number of alkyl halides is 2. The molecule has 0 fully saturated rings. The second kappa shape index (κ2) is 18.8. The SMILES string of the molecule is COc1ccc(CN)cc1Cl.COc1ccc(CNc2nc(CCl)nc3sc4c(c23)CCCC4)cc1Cl.ClCc1nc(Cl)c2c3c(sc2n1)CCCC3. The predicted molar refractivity (Wildman–Crippen MR) is 223 cm³/mol. The standard InChI is InChI=1S/C19H19Cl2N3OS.C11H10Cl2N2S.C8H10ClNO/c1-25-14-7-6-11(8-13(14)21)10-22-18-17-12-4-2-3-5-15(12)26-19(17)24-16(9-20)23-18;12-5-8-14-10(13)9-6-3-1-2-4-7(6)16-11(9)15-8;1-11-8-3-2-6(5-10)4-7(8)9/h6-8H,2-5,9-10H2,1H3,(H,22,23,24);1-5H2;2-4H,5,10H2,1H3. The number of aromatic nitrogens is 4. The Kier molecular flexibility index (Phi) is 14.2. The van der Waals surface area contributed by atoms with E-state index in [2.05, 4.69) is 25.3 Å². The van der Waals surface area contributed by atoms with Gasteiger partial charge >= 0.3 is 0 Å². The molecule has 0 spiro atoms. The molecule has 2 aliphatic carbocycles. The van der Waals surface area contributed by atoms with Crippen LogP contribution >= 0.6 is 80.7 Å². The van der Waals surface area contributed by atoms with Crippen molar-refractivity contribution in [2.45, 2.75) is 76.2 Å². The van der Waals surface area contributed by atoms with Crippen molar-refractivity contribution in [1.82, 2.24) is 19.9 Å². The summed E-state index contributed by atoms with van der Waals surface area (Å²) in [4.78, 5) is 22.9. The molecule has 0 aliphatic heterocycles. The molecule has 0 bridgehead atoms. The lowest BCUT2D eigenvalue weighted by Crippen LogP contribution is -2.06. The molecular weight excluding hydrogens is 814 g/mol. The van der Waals surface area contributed by atoms with Crippen molar-refractivity contribution in [3.05, 3.63) is 95.3 Å². The summed E-state index contributed by atoms with van der Waals surface area (Å²) in [5.41, 5.74) is 10.3. The average Bonchev–Trinajstić information content (AvgIpc) is 3.76. The van der Waals surface area contributed by atoms with Crippen LogP contribution in [0.25, 0.3) is 20.4 Å². The van der Waals surface area contributed by atoms with E-state index in [1.807, 2.05) is 30.3 Å². The average molecular weight is 853 g/mol. The van der Waals surface area contributed by atoms with E-state index in [1.54, 1.807) is 43.0 Å². The van der Waals surface area contributed by atoms with Crippen molar-refractivity contribution in [3.63, 3.8) is 0 Å². The van der Waals surface area contributed by atoms with Gasteiger partial charge in [-0.25, -0.2) is 19.9 Å². The fraction of sp³-hybridized carbons (Fsp3) is 0.368. The first-order chi connectivity index (χ1) is 25.8. The van der Waals surface area contributed by atoms with E-state index in [0.717, 1.165) is 63.1 Å². The van der Waals surface area contributed by atoms with E-state index in [1.165, 1.54) is 46.6 Å². The highest BCUT2D eigenvalue weighted by Gasteiger charge is 2.22. The van der Waals surface area contributed by atoms with Crippen LogP contribution in [0, 0.1) is 0 Å². The maximum Gasteiger partial charge on any atom is 0.147 e. The Labute approximate surface area is 342 Å². The second-order valence-corrected chi connectivity index (χ2v) is 16.3. The highest BCUT2D eigenvalue weighted by molar-refractivity contribution is 7.19. The largest absolute Gasteiger partial charge is 0.495 e. The van der Waals surface area contributed by atoms with E-state index >= 15 is 0 Å². The molecule has 4 heterocycles. The predicted octanol–water partition coefficient (Wildman–Crippen LogP) is 11.4. The second-order valence-electron chi connectivity index (χ2n) is 12.5. The molecule has 0 amide bonds. The first kappa shape index (κ1) is 40.0. The van der Waals surface area contributed by atoms with Gasteiger partial charge in [-0.1, -0.05) is 46.9 Å². The molecule has 6 aromatic rings. The van der Waals surface area contributed by atoms with E-state index in [4.69, 9.17) is 73.2 Å². The molecule has 0 atom stereocenters. The number of nitrogens with zero attached hydrogens (tertiary/aromatic N) is 4. The molecule has 15 heteroatoms. The Bertz CT molecular complexity index is 2210. The van der Waals surface area contributed by atoms with Gasteiger partial charge in [0.05, 0.1) is 46.8 Å². The van der Waals surface area contributed by atoms with Gasteiger partial charge in [-0.2, -0.15) is 0 Å². The molecule has 2 aromatic carbocycles. The van der Waals surface area contributed by atoms with Crippen molar-refractivity contribution in [2.75, 3.05) is 19.5 Å². The minimum atomic E-state index is 0.307. The van der Waals surface area contributed by atoms with E-state index in [0.29, 0.717) is 63.2 Å². The number of anilines is 1. The molecule has 280 valence electrons. The minimum Gasteiger partial charge on any atom is -0.495 e. The highest BCUT2D eigenvalue weighted by Crippen LogP contribution is 2.40. The lowest BCUT2D eigenvalue weighted by Gasteiger charge is -2.13. The smallest absolute Gasteiger partial charge is 0.147 e. The van der Waals surface area contributed by atoms with Crippen LogP contribution < -0.4 is 20.5 Å². The number of rotatable bonds is 8. The summed E-state index contributed by atoms with van der Waals surface area (Å²) in [7, 11) is 3.20. The summed E-state index contributed by atoms with van der Waals surface area (Å²) >= 11 is 33.6. The normalized spacial score (nSPS) is 13.4. The summed E-state index contributed by atoms with van der Waals surface area (Å²) in [5.74, 6) is 4.14. The zero-order valence-corrected chi connectivity index (χ0v) is 34.8. The molecule has 8 rings (SSSR count). The highest BCUT2D eigenvalue weighted by atomic mass is 35.5. The lowest BCUT2D eigenvalue weighted by atomic mass is 9.97. The Morgan fingerprint density at radius 1 is 0.679 bits per heavy atom. The number of methoxy groups -OCH3 is 2. The molecule has 0 saturated heterocycles. The fourth-order valence-electron chi connectivity index (χ4n) is 6.45. The Morgan fingerprint density at radius 3 is 1.74 bits per heavy atom. The third-order valence-electron chi connectivity index (χ3n) is 9.04. The molecule has 0 unspecified atom stereocenters. The van der Waals surface area contributed by atoms with Gasteiger partial charge in [0.15, 0.2) is 0 Å². The number of hydrogen-bond donors (Lipinski definition) is 2. The molecule has 8 nitrogen and oxygen atoms in total. The Balaban J connectivity index is 0.000000151. The lowest BCUT2D eigenvalue weighted by molar-refractivity contribution is 0.415. The number of thiophene rings is 2. The number of halogens is 5. The maximum atomic E-state index is 6.24. The van der Waals surface area contributed by atoms with Gasteiger partial charge in [0.1, 0.15) is 43.8 Å². The number of aryl methyl sites for hydroxylation is 4. The summed E-state index contributed by atoms with van der Waals surface area (Å²) < 4.78 is 10.2. The van der Waals surface area contributed by atoms with Gasteiger partial charge in [0.25, 0.3) is 0 Å². The minimum absolute atomic E-state index is 0.307.